The molecule has 0 bridgehead atoms. The van der Waals surface area contributed by atoms with E-state index in [1.165, 1.54) is 10.9 Å². The van der Waals surface area contributed by atoms with E-state index in [0.717, 1.165) is 23.3 Å². The van der Waals surface area contributed by atoms with Gasteiger partial charge >= 0.3 is 0 Å². The molecule has 1 N–H and O–H groups in total. The zero-order valence-electron chi connectivity index (χ0n) is 10.8. The fourth-order valence-corrected chi connectivity index (χ4v) is 2.07. The van der Waals surface area contributed by atoms with Crippen LogP contribution in [0, 0.1) is 6.92 Å². The highest BCUT2D eigenvalue weighted by molar-refractivity contribution is 5.93. The Labute approximate surface area is 112 Å². The van der Waals surface area contributed by atoms with E-state index in [1.54, 1.807) is 0 Å². The third-order valence-corrected chi connectivity index (χ3v) is 3.11. The first-order valence-corrected chi connectivity index (χ1v) is 6.31. The van der Waals surface area contributed by atoms with Gasteiger partial charge in [-0.15, -0.1) is 0 Å². The lowest BCUT2D eigenvalue weighted by Crippen LogP contribution is -2.02. The summed E-state index contributed by atoms with van der Waals surface area (Å²) < 4.78 is 0. The molecule has 3 rings (SSSR count). The van der Waals surface area contributed by atoms with Crippen molar-refractivity contribution in [3.63, 3.8) is 0 Å². The fraction of sp³-hybridized carbons (Fsp3) is 0.125. The van der Waals surface area contributed by atoms with Crippen LogP contribution in [-0.4, -0.2) is 9.97 Å². The topological polar surface area (TPSA) is 37.8 Å². The Kier molecular flexibility index (Phi) is 3.11. The van der Waals surface area contributed by atoms with E-state index in [9.17, 15) is 0 Å². The predicted molar refractivity (Wildman–Crippen MR) is 78.0 cm³/mol. The quantitative estimate of drug-likeness (QED) is 0.771. The molecule has 0 amide bonds. The Morgan fingerprint density at radius 1 is 1.05 bits per heavy atom. The van der Waals surface area contributed by atoms with Gasteiger partial charge in [-0.2, -0.15) is 0 Å². The summed E-state index contributed by atoms with van der Waals surface area (Å²) in [6.45, 7) is 2.77. The average molecular weight is 249 g/mol. The molecule has 0 spiro atoms. The van der Waals surface area contributed by atoms with Gasteiger partial charge in [-0.1, -0.05) is 18.2 Å². The third kappa shape index (κ3) is 2.55. The number of rotatable bonds is 3. The minimum absolute atomic E-state index is 0.724. The molecule has 3 aromatic rings. The highest BCUT2D eigenvalue weighted by atomic mass is 14.9. The highest BCUT2D eigenvalue weighted by Gasteiger charge is 2.00. The van der Waals surface area contributed by atoms with E-state index < -0.39 is 0 Å². The van der Waals surface area contributed by atoms with Crippen molar-refractivity contribution in [1.29, 1.82) is 0 Å². The maximum atomic E-state index is 4.40. The van der Waals surface area contributed by atoms with Gasteiger partial charge in [0.2, 0.25) is 0 Å². The van der Waals surface area contributed by atoms with Gasteiger partial charge in [-0.05, 0) is 30.7 Å². The van der Waals surface area contributed by atoms with E-state index >= 15 is 0 Å². The van der Waals surface area contributed by atoms with Gasteiger partial charge in [-0.3, -0.25) is 9.97 Å². The molecule has 0 aliphatic heterocycles. The maximum Gasteiger partial charge on any atom is 0.0594 e. The Bertz CT molecular complexity index is 684. The molecule has 0 aliphatic rings. The molecule has 0 fully saturated rings. The summed E-state index contributed by atoms with van der Waals surface area (Å²) in [5.41, 5.74) is 3.33. The molecule has 0 radical (unpaired) electrons. The third-order valence-electron chi connectivity index (χ3n) is 3.11. The van der Waals surface area contributed by atoms with Crippen LogP contribution in [0.1, 0.15) is 11.3 Å². The smallest absolute Gasteiger partial charge is 0.0594 e. The largest absolute Gasteiger partial charge is 0.379 e. The number of aromatic nitrogens is 2. The summed E-state index contributed by atoms with van der Waals surface area (Å²) in [5.74, 6) is 0. The molecule has 3 nitrogen and oxygen atoms in total. The number of aryl methyl sites for hydroxylation is 1. The van der Waals surface area contributed by atoms with Gasteiger partial charge in [0.15, 0.2) is 0 Å². The van der Waals surface area contributed by atoms with E-state index in [4.69, 9.17) is 0 Å². The second-order valence-corrected chi connectivity index (χ2v) is 4.58. The van der Waals surface area contributed by atoms with Crippen LogP contribution < -0.4 is 5.32 Å². The molecule has 2 aromatic heterocycles. The normalized spacial score (nSPS) is 10.6. The van der Waals surface area contributed by atoms with E-state index in [2.05, 4.69) is 39.6 Å². The van der Waals surface area contributed by atoms with E-state index in [0.29, 0.717) is 0 Å². The van der Waals surface area contributed by atoms with Crippen LogP contribution in [0.25, 0.3) is 10.8 Å². The minimum atomic E-state index is 0.724. The van der Waals surface area contributed by atoms with Crippen LogP contribution in [0.2, 0.25) is 0 Å². The van der Waals surface area contributed by atoms with Crippen molar-refractivity contribution >= 4 is 16.5 Å². The van der Waals surface area contributed by atoms with Crippen molar-refractivity contribution in [2.45, 2.75) is 13.5 Å². The van der Waals surface area contributed by atoms with Crippen LogP contribution in [0.15, 0.2) is 55.0 Å². The Hall–Kier alpha value is -2.42. The maximum absolute atomic E-state index is 4.40. The zero-order chi connectivity index (χ0) is 13.1. The Morgan fingerprint density at radius 2 is 2.00 bits per heavy atom. The number of fused-ring (bicyclic) bond motifs is 1. The monoisotopic (exact) mass is 249 g/mol. The highest BCUT2D eigenvalue weighted by Crippen LogP contribution is 2.22. The molecule has 19 heavy (non-hydrogen) atoms. The van der Waals surface area contributed by atoms with Gasteiger partial charge in [0.25, 0.3) is 0 Å². The van der Waals surface area contributed by atoms with Crippen molar-refractivity contribution in [1.82, 2.24) is 9.97 Å². The fourth-order valence-electron chi connectivity index (χ4n) is 2.07. The van der Waals surface area contributed by atoms with Gasteiger partial charge < -0.3 is 5.32 Å². The summed E-state index contributed by atoms with van der Waals surface area (Å²) in [4.78, 5) is 8.54. The molecule has 0 unspecified atom stereocenters. The molecule has 94 valence electrons. The lowest BCUT2D eigenvalue weighted by Gasteiger charge is -2.09. The number of pyridine rings is 2. The number of benzene rings is 1. The minimum Gasteiger partial charge on any atom is -0.379 e. The number of nitrogens with zero attached hydrogens (tertiary/aromatic N) is 2. The predicted octanol–water partition coefficient (Wildman–Crippen LogP) is 3.55. The van der Waals surface area contributed by atoms with Crippen molar-refractivity contribution in [2.75, 3.05) is 5.32 Å². The molecular formula is C16H15N3. The van der Waals surface area contributed by atoms with Crippen molar-refractivity contribution < 1.29 is 0 Å². The molecule has 0 saturated heterocycles. The molecular weight excluding hydrogens is 234 g/mol. The molecule has 2 heterocycles. The number of nitrogens with one attached hydrogen (secondary N) is 1. The summed E-state index contributed by atoms with van der Waals surface area (Å²) in [7, 11) is 0. The summed E-state index contributed by atoms with van der Waals surface area (Å²) in [5, 5.41) is 5.76. The lowest BCUT2D eigenvalue weighted by molar-refractivity contribution is 1.04. The summed E-state index contributed by atoms with van der Waals surface area (Å²) in [6.07, 6.45) is 5.59. The number of hydrogen-bond acceptors (Lipinski definition) is 3. The van der Waals surface area contributed by atoms with Crippen LogP contribution in [0.3, 0.4) is 0 Å². The molecule has 1 aromatic carbocycles. The van der Waals surface area contributed by atoms with Crippen LogP contribution in [0.5, 0.6) is 0 Å². The molecule has 0 atom stereocenters. The van der Waals surface area contributed by atoms with Gasteiger partial charge in [0.05, 0.1) is 12.2 Å². The Morgan fingerprint density at radius 3 is 2.84 bits per heavy atom. The standard InChI is InChI=1S/C16H15N3/c1-12-5-6-14(18-9-12)11-19-16-4-2-3-13-10-17-8-7-15(13)16/h2-10,19H,11H2,1H3. The SMILES string of the molecule is Cc1ccc(CNc2cccc3cnccc23)nc1. The van der Waals surface area contributed by atoms with Gasteiger partial charge in [0, 0.05) is 35.1 Å². The molecule has 3 heteroatoms. The van der Waals surface area contributed by atoms with E-state index in [-0.39, 0.29) is 0 Å². The number of anilines is 1. The average Bonchev–Trinajstić information content (AvgIpc) is 2.47. The van der Waals surface area contributed by atoms with Crippen molar-refractivity contribution in [3.8, 4) is 0 Å². The first-order chi connectivity index (χ1) is 9.33. The van der Waals surface area contributed by atoms with Crippen molar-refractivity contribution in [3.05, 3.63) is 66.2 Å². The second kappa shape index (κ2) is 5.06. The van der Waals surface area contributed by atoms with Gasteiger partial charge in [-0.25, -0.2) is 0 Å². The van der Waals surface area contributed by atoms with E-state index in [1.807, 2.05) is 37.6 Å². The second-order valence-electron chi connectivity index (χ2n) is 4.58. The Balaban J connectivity index is 1.84. The van der Waals surface area contributed by atoms with Gasteiger partial charge in [0.1, 0.15) is 0 Å². The van der Waals surface area contributed by atoms with Crippen molar-refractivity contribution in [2.24, 2.45) is 0 Å². The zero-order valence-corrected chi connectivity index (χ0v) is 10.8. The first kappa shape index (κ1) is 11.7. The van der Waals surface area contributed by atoms with Crippen LogP contribution in [-0.2, 0) is 6.54 Å². The lowest BCUT2D eigenvalue weighted by atomic mass is 10.1. The van der Waals surface area contributed by atoms with Crippen LogP contribution >= 0.6 is 0 Å². The summed E-state index contributed by atoms with van der Waals surface area (Å²) >= 11 is 0. The van der Waals surface area contributed by atoms with Crippen LogP contribution in [0.4, 0.5) is 5.69 Å². The molecule has 0 saturated carbocycles. The number of hydrogen-bond donors (Lipinski definition) is 1. The first-order valence-electron chi connectivity index (χ1n) is 6.31. The summed E-state index contributed by atoms with van der Waals surface area (Å²) in [6, 6.07) is 12.3. The molecule has 0 aliphatic carbocycles.